The van der Waals surface area contributed by atoms with Gasteiger partial charge in [0.05, 0.1) is 11.3 Å². The first-order chi connectivity index (χ1) is 5.25. The summed E-state index contributed by atoms with van der Waals surface area (Å²) in [6.07, 6.45) is 3.64. The van der Waals surface area contributed by atoms with Gasteiger partial charge >= 0.3 is 0 Å². The average molecular weight is 168 g/mol. The van der Waals surface area contributed by atoms with Gasteiger partial charge in [0.1, 0.15) is 6.33 Å². The summed E-state index contributed by atoms with van der Waals surface area (Å²) in [5.74, 6) is 0. The van der Waals surface area contributed by atoms with E-state index in [1.165, 1.54) is 12.5 Å². The molecule has 1 heterocycles. The molecule has 0 N–H and O–H groups in total. The molecule has 0 radical (unpaired) electrons. The lowest BCUT2D eigenvalue weighted by atomic mass is 10.2. The van der Waals surface area contributed by atoms with Gasteiger partial charge in [-0.2, -0.15) is 0 Å². The molecule has 3 nitrogen and oxygen atoms in total. The van der Waals surface area contributed by atoms with Gasteiger partial charge in [-0.3, -0.25) is 4.79 Å². The van der Waals surface area contributed by atoms with Crippen LogP contribution in [0.4, 0.5) is 0 Å². The number of aryl methyl sites for hydroxylation is 1. The second-order valence-corrected chi connectivity index (χ2v) is 2.45. The van der Waals surface area contributed by atoms with Crippen molar-refractivity contribution in [1.82, 2.24) is 9.97 Å². The van der Waals surface area contributed by atoms with E-state index in [1.54, 1.807) is 0 Å². The Hall–Kier alpha value is -0.900. The summed E-state index contributed by atoms with van der Waals surface area (Å²) in [5.41, 5.74) is 1.25. The van der Waals surface area contributed by atoms with E-state index >= 15 is 0 Å². The van der Waals surface area contributed by atoms with Crippen LogP contribution in [0.15, 0.2) is 12.5 Å². The summed E-state index contributed by atoms with van der Waals surface area (Å²) in [6.45, 7) is 1.93. The first-order valence-corrected chi connectivity index (χ1v) is 3.72. The number of aromatic nitrogens is 2. The number of carbonyl (C=O) groups is 1. The van der Waals surface area contributed by atoms with E-state index in [0.29, 0.717) is 5.56 Å². The van der Waals surface area contributed by atoms with Gasteiger partial charge in [-0.1, -0.05) is 6.92 Å². The maximum Gasteiger partial charge on any atom is 0.219 e. The van der Waals surface area contributed by atoms with Crippen molar-refractivity contribution in [2.24, 2.45) is 0 Å². The highest BCUT2D eigenvalue weighted by atomic mass is 32.1. The molecule has 0 aromatic carbocycles. The molecule has 0 aliphatic carbocycles. The Bertz CT molecular complexity index is 275. The molecular weight excluding hydrogens is 160 g/mol. The minimum Gasteiger partial charge on any atom is -0.282 e. The molecule has 0 amide bonds. The largest absolute Gasteiger partial charge is 0.282 e. The molecule has 11 heavy (non-hydrogen) atoms. The summed E-state index contributed by atoms with van der Waals surface area (Å²) >= 11 is 3.69. The number of carbonyl (C=O) groups excluding carboxylic acids is 1. The molecule has 4 heteroatoms. The van der Waals surface area contributed by atoms with Crippen molar-refractivity contribution >= 4 is 17.7 Å². The smallest absolute Gasteiger partial charge is 0.219 e. The number of thiol groups is 1. The van der Waals surface area contributed by atoms with Crippen LogP contribution in [-0.4, -0.2) is 15.1 Å². The normalized spacial score (nSPS) is 9.64. The Kier molecular flexibility index (Phi) is 2.59. The summed E-state index contributed by atoms with van der Waals surface area (Å²) in [4.78, 5) is 18.5. The lowest BCUT2D eigenvalue weighted by molar-refractivity contribution is 0.109. The monoisotopic (exact) mass is 168 g/mol. The highest BCUT2D eigenvalue weighted by Crippen LogP contribution is 2.06. The Morgan fingerprint density at radius 2 is 2.45 bits per heavy atom. The summed E-state index contributed by atoms with van der Waals surface area (Å²) in [6, 6.07) is 0. The zero-order chi connectivity index (χ0) is 8.27. The van der Waals surface area contributed by atoms with Crippen LogP contribution in [-0.2, 0) is 6.42 Å². The van der Waals surface area contributed by atoms with Crippen molar-refractivity contribution in [3.8, 4) is 0 Å². The third-order valence-electron chi connectivity index (χ3n) is 1.36. The zero-order valence-electron chi connectivity index (χ0n) is 6.11. The predicted molar refractivity (Wildman–Crippen MR) is 44.7 cm³/mol. The van der Waals surface area contributed by atoms with Gasteiger partial charge in [0.15, 0.2) is 0 Å². The van der Waals surface area contributed by atoms with Crippen LogP contribution in [0, 0.1) is 0 Å². The second kappa shape index (κ2) is 3.48. The number of hydrogen-bond acceptors (Lipinski definition) is 3. The molecule has 1 aromatic heterocycles. The fourth-order valence-electron chi connectivity index (χ4n) is 0.815. The highest BCUT2D eigenvalue weighted by Gasteiger charge is 2.06. The molecule has 0 atom stereocenters. The fraction of sp³-hybridized carbons (Fsp3) is 0.286. The molecule has 0 bridgehead atoms. The standard InChI is InChI=1S/C7H8N2OS/c1-2-6-5(7(10)11)3-8-4-9-6/h3-4H,2H2,1H3,(H,10,11). The van der Waals surface area contributed by atoms with E-state index in [9.17, 15) is 4.79 Å². The fourth-order valence-corrected chi connectivity index (χ4v) is 1.00. The Morgan fingerprint density at radius 3 is 2.91 bits per heavy atom. The van der Waals surface area contributed by atoms with Crippen LogP contribution >= 0.6 is 12.6 Å². The summed E-state index contributed by atoms with van der Waals surface area (Å²) in [5, 5.41) is -0.276. The van der Waals surface area contributed by atoms with Gasteiger partial charge in [0.2, 0.25) is 5.12 Å². The van der Waals surface area contributed by atoms with Crippen LogP contribution in [0.3, 0.4) is 0 Å². The van der Waals surface area contributed by atoms with Gasteiger partial charge in [-0.25, -0.2) is 9.97 Å². The SMILES string of the molecule is CCc1ncncc1C(=O)S. The Morgan fingerprint density at radius 1 is 1.73 bits per heavy atom. The molecule has 0 aliphatic heterocycles. The molecule has 0 saturated carbocycles. The quantitative estimate of drug-likeness (QED) is 0.673. The number of hydrogen-bond donors (Lipinski definition) is 1. The number of rotatable bonds is 2. The highest BCUT2D eigenvalue weighted by molar-refractivity contribution is 7.97. The average Bonchev–Trinajstić information content (AvgIpc) is 2.04. The molecule has 58 valence electrons. The third kappa shape index (κ3) is 1.77. The van der Waals surface area contributed by atoms with Crippen LogP contribution in [0.5, 0.6) is 0 Å². The van der Waals surface area contributed by atoms with E-state index in [-0.39, 0.29) is 5.12 Å². The van der Waals surface area contributed by atoms with Gasteiger partial charge in [-0.15, -0.1) is 12.6 Å². The molecule has 1 aromatic rings. The van der Waals surface area contributed by atoms with Crippen molar-refractivity contribution in [3.63, 3.8) is 0 Å². The maximum atomic E-state index is 10.8. The molecule has 0 aliphatic rings. The van der Waals surface area contributed by atoms with Gasteiger partial charge < -0.3 is 0 Å². The first-order valence-electron chi connectivity index (χ1n) is 3.28. The first kappa shape index (κ1) is 8.20. The molecular formula is C7H8N2OS. The van der Waals surface area contributed by atoms with Gasteiger partial charge in [-0.05, 0) is 6.42 Å². The van der Waals surface area contributed by atoms with E-state index in [0.717, 1.165) is 12.1 Å². The molecule has 0 spiro atoms. The van der Waals surface area contributed by atoms with Crippen molar-refractivity contribution in [2.75, 3.05) is 0 Å². The summed E-state index contributed by atoms with van der Waals surface area (Å²) < 4.78 is 0. The third-order valence-corrected chi connectivity index (χ3v) is 1.60. The van der Waals surface area contributed by atoms with E-state index < -0.39 is 0 Å². The van der Waals surface area contributed by atoms with Crippen LogP contribution in [0.25, 0.3) is 0 Å². The van der Waals surface area contributed by atoms with Crippen molar-refractivity contribution in [2.45, 2.75) is 13.3 Å². The molecule has 0 unspecified atom stereocenters. The second-order valence-electron chi connectivity index (χ2n) is 2.04. The van der Waals surface area contributed by atoms with Gasteiger partial charge in [0, 0.05) is 6.20 Å². The maximum absolute atomic E-state index is 10.8. The number of nitrogens with zero attached hydrogens (tertiary/aromatic N) is 2. The van der Waals surface area contributed by atoms with E-state index in [1.807, 2.05) is 6.92 Å². The molecule has 0 fully saturated rings. The van der Waals surface area contributed by atoms with Crippen molar-refractivity contribution in [1.29, 1.82) is 0 Å². The van der Waals surface area contributed by atoms with Crippen molar-refractivity contribution in [3.05, 3.63) is 23.8 Å². The van der Waals surface area contributed by atoms with Crippen LogP contribution in [0.2, 0.25) is 0 Å². The minimum atomic E-state index is -0.276. The zero-order valence-corrected chi connectivity index (χ0v) is 7.01. The summed E-state index contributed by atoms with van der Waals surface area (Å²) in [7, 11) is 0. The predicted octanol–water partition coefficient (Wildman–Crippen LogP) is 1.11. The lowest BCUT2D eigenvalue weighted by Crippen LogP contribution is -2.00. The Balaban J connectivity index is 3.12. The molecule has 1 rings (SSSR count). The minimum absolute atomic E-state index is 0.276. The lowest BCUT2D eigenvalue weighted by Gasteiger charge is -1.98. The van der Waals surface area contributed by atoms with Gasteiger partial charge in [0.25, 0.3) is 0 Å². The molecule has 0 saturated heterocycles. The Labute approximate surface area is 70.3 Å². The topological polar surface area (TPSA) is 42.9 Å². The van der Waals surface area contributed by atoms with Crippen molar-refractivity contribution < 1.29 is 4.79 Å². The van der Waals surface area contributed by atoms with Crippen LogP contribution < -0.4 is 0 Å². The van der Waals surface area contributed by atoms with E-state index in [2.05, 4.69) is 22.6 Å². The van der Waals surface area contributed by atoms with Crippen LogP contribution in [0.1, 0.15) is 23.0 Å². The van der Waals surface area contributed by atoms with E-state index in [4.69, 9.17) is 0 Å².